The molecular weight excluding hydrogens is 247 g/mol. The first-order chi connectivity index (χ1) is 9.91. The second-order valence-corrected chi connectivity index (χ2v) is 3.51. The molecule has 0 spiro atoms. The Morgan fingerprint density at radius 1 is 0.500 bits per heavy atom. The zero-order valence-electron chi connectivity index (χ0n) is 11.6. The van der Waals surface area contributed by atoms with Crippen molar-refractivity contribution in [2.24, 2.45) is 0 Å². The summed E-state index contributed by atoms with van der Waals surface area (Å²) >= 11 is 0. The molecule has 0 fully saturated rings. The Morgan fingerprint density at radius 3 is 1.10 bits per heavy atom. The Morgan fingerprint density at radius 2 is 0.800 bits per heavy atom. The lowest BCUT2D eigenvalue weighted by Crippen LogP contribution is -1.57. The van der Waals surface area contributed by atoms with E-state index in [9.17, 15) is 4.39 Å². The maximum Gasteiger partial charge on any atom is 0.108 e. The predicted molar refractivity (Wildman–Crippen MR) is 89.3 cm³/mol. The Labute approximate surface area is 121 Å². The number of halogens is 1. The largest absolute Gasteiger partial charge is 0.247 e. The maximum absolute atomic E-state index is 11.7. The molecular formula is C19H21F. The van der Waals surface area contributed by atoms with Crippen molar-refractivity contribution in [3.63, 3.8) is 0 Å². The minimum Gasteiger partial charge on any atom is -0.247 e. The monoisotopic (exact) mass is 268 g/mol. The van der Waals surface area contributed by atoms with E-state index in [1.165, 1.54) is 6.08 Å². The van der Waals surface area contributed by atoms with Crippen molar-refractivity contribution >= 4 is 0 Å². The van der Waals surface area contributed by atoms with Gasteiger partial charge in [0.2, 0.25) is 0 Å². The zero-order chi connectivity index (χ0) is 14.7. The molecule has 0 amide bonds. The fourth-order valence-corrected chi connectivity index (χ4v) is 1.04. The van der Waals surface area contributed by atoms with Crippen molar-refractivity contribution in [1.29, 1.82) is 0 Å². The molecule has 0 atom stereocenters. The summed E-state index contributed by atoms with van der Waals surface area (Å²) in [6, 6.07) is 0. The van der Waals surface area contributed by atoms with Crippen LogP contribution in [0.25, 0.3) is 0 Å². The molecule has 0 aromatic carbocycles. The molecule has 0 bridgehead atoms. The van der Waals surface area contributed by atoms with Crippen molar-refractivity contribution in [3.05, 3.63) is 110 Å². The Balaban J connectivity index is 3.83. The highest BCUT2D eigenvalue weighted by Gasteiger charge is 1.65. The van der Waals surface area contributed by atoms with E-state index in [0.717, 1.165) is 0 Å². The molecule has 1 heteroatoms. The van der Waals surface area contributed by atoms with Crippen molar-refractivity contribution in [3.8, 4) is 0 Å². The van der Waals surface area contributed by atoms with Crippen LogP contribution in [-0.2, 0) is 0 Å². The molecule has 0 N–H and O–H groups in total. The second kappa shape index (κ2) is 16.6. The van der Waals surface area contributed by atoms with Crippen molar-refractivity contribution < 1.29 is 4.39 Å². The highest BCUT2D eigenvalue weighted by Crippen LogP contribution is 1.86. The maximum atomic E-state index is 11.7. The summed E-state index contributed by atoms with van der Waals surface area (Å²) in [4.78, 5) is 0. The molecule has 0 rings (SSSR count). The van der Waals surface area contributed by atoms with Gasteiger partial charge in [-0.25, -0.2) is 4.39 Å². The van der Waals surface area contributed by atoms with Crippen molar-refractivity contribution in [2.45, 2.75) is 0 Å². The second-order valence-electron chi connectivity index (χ2n) is 3.51. The zero-order valence-corrected chi connectivity index (χ0v) is 11.6. The van der Waals surface area contributed by atoms with E-state index in [2.05, 4.69) is 6.58 Å². The third-order valence-electron chi connectivity index (χ3n) is 1.92. The molecule has 0 aliphatic heterocycles. The topological polar surface area (TPSA) is 0 Å². The molecule has 20 heavy (non-hydrogen) atoms. The van der Waals surface area contributed by atoms with Crippen molar-refractivity contribution in [1.82, 2.24) is 0 Å². The Hall–Kier alpha value is -2.41. The quantitative estimate of drug-likeness (QED) is 0.478. The van der Waals surface area contributed by atoms with Gasteiger partial charge in [-0.2, -0.15) is 0 Å². The number of rotatable bonds is 9. The van der Waals surface area contributed by atoms with Gasteiger partial charge in [-0.3, -0.25) is 0 Å². The molecule has 0 nitrogen and oxygen atoms in total. The van der Waals surface area contributed by atoms with E-state index in [-0.39, 0.29) is 0 Å². The summed E-state index contributed by atoms with van der Waals surface area (Å²) in [5.74, 6) is 0. The van der Waals surface area contributed by atoms with Crippen LogP contribution < -0.4 is 0 Å². The van der Waals surface area contributed by atoms with E-state index in [1.807, 2.05) is 79.0 Å². The van der Waals surface area contributed by atoms with Crippen LogP contribution in [0.4, 0.5) is 4.39 Å². The molecule has 0 aliphatic rings. The summed E-state index contributed by atoms with van der Waals surface area (Å²) in [6.07, 6.45) is 31.6. The van der Waals surface area contributed by atoms with E-state index < -0.39 is 6.67 Å². The van der Waals surface area contributed by atoms with E-state index >= 15 is 0 Å². The fraction of sp³-hybridized carbons (Fsp3) is 0.0526. The molecule has 104 valence electrons. The number of allylic oxidation sites excluding steroid dienone is 17. The van der Waals surface area contributed by atoms with Crippen LogP contribution in [0.1, 0.15) is 0 Å². The molecule has 0 aromatic rings. The number of alkyl halides is 1. The Bertz CT molecular complexity index is 452. The lowest BCUT2D eigenvalue weighted by molar-refractivity contribution is 0.562. The van der Waals surface area contributed by atoms with Crippen LogP contribution in [0.3, 0.4) is 0 Å². The highest BCUT2D eigenvalue weighted by molar-refractivity contribution is 5.21. The summed E-state index contributed by atoms with van der Waals surface area (Å²) in [7, 11) is 0. The van der Waals surface area contributed by atoms with Crippen LogP contribution in [-0.4, -0.2) is 6.67 Å². The highest BCUT2D eigenvalue weighted by atomic mass is 19.1. The lowest BCUT2D eigenvalue weighted by Gasteiger charge is -1.75. The predicted octanol–water partition coefficient (Wildman–Crippen LogP) is 5.59. The van der Waals surface area contributed by atoms with E-state index in [0.29, 0.717) is 0 Å². The fourth-order valence-electron chi connectivity index (χ4n) is 1.04. The van der Waals surface area contributed by atoms with E-state index in [1.54, 1.807) is 18.2 Å². The van der Waals surface area contributed by atoms with Gasteiger partial charge in [0.15, 0.2) is 0 Å². The van der Waals surface area contributed by atoms with Gasteiger partial charge >= 0.3 is 0 Å². The van der Waals surface area contributed by atoms with Gasteiger partial charge < -0.3 is 0 Å². The van der Waals surface area contributed by atoms with Crippen LogP contribution in [0.5, 0.6) is 0 Å². The molecule has 0 saturated carbocycles. The molecule has 0 radical (unpaired) electrons. The standard InChI is InChI=1S/C19H21F/c1-2-3-4-5-6-7-8-9-10-11-12-13-14-15-16-17-18-19-20/h2-18H,1,19H2/b4-3+,6-5+,8-7+,10-9+,12-11+,14-13+,16-15+,18-17+. The third kappa shape index (κ3) is 15.6. The summed E-state index contributed by atoms with van der Waals surface area (Å²) in [6.45, 7) is 3.16. The molecule has 0 aromatic heterocycles. The van der Waals surface area contributed by atoms with Crippen LogP contribution >= 0.6 is 0 Å². The van der Waals surface area contributed by atoms with Gasteiger partial charge in [0.1, 0.15) is 6.67 Å². The van der Waals surface area contributed by atoms with Crippen LogP contribution in [0.2, 0.25) is 0 Å². The first-order valence-electron chi connectivity index (χ1n) is 6.42. The lowest BCUT2D eigenvalue weighted by atomic mass is 10.3. The molecule has 0 heterocycles. The van der Waals surface area contributed by atoms with Crippen molar-refractivity contribution in [2.75, 3.05) is 6.67 Å². The van der Waals surface area contributed by atoms with Gasteiger partial charge in [-0.05, 0) is 0 Å². The molecule has 0 aliphatic carbocycles. The third-order valence-corrected chi connectivity index (χ3v) is 1.92. The minimum atomic E-state index is -0.425. The van der Waals surface area contributed by atoms with Crippen LogP contribution in [0.15, 0.2) is 110 Å². The summed E-state index contributed by atoms with van der Waals surface area (Å²) in [5, 5.41) is 0. The number of hydrogen-bond donors (Lipinski definition) is 0. The summed E-state index contributed by atoms with van der Waals surface area (Å²) < 4.78 is 11.7. The van der Waals surface area contributed by atoms with Gasteiger partial charge in [0.05, 0.1) is 0 Å². The SMILES string of the molecule is C=C/C=C/C=C/C=C/C=C/C=C/C=C/C=C/C=C/CF. The average Bonchev–Trinajstić information content (AvgIpc) is 2.47. The normalized spacial score (nSPS) is 14.1. The Kier molecular flexibility index (Phi) is 14.6. The molecule has 0 unspecified atom stereocenters. The summed E-state index contributed by atoms with van der Waals surface area (Å²) in [5.41, 5.74) is 0. The van der Waals surface area contributed by atoms with Gasteiger partial charge in [0.25, 0.3) is 0 Å². The van der Waals surface area contributed by atoms with E-state index in [4.69, 9.17) is 0 Å². The van der Waals surface area contributed by atoms with Gasteiger partial charge in [-0.15, -0.1) is 0 Å². The molecule has 0 saturated heterocycles. The first-order valence-corrected chi connectivity index (χ1v) is 6.42. The average molecular weight is 268 g/mol. The minimum absolute atomic E-state index is 0.425. The smallest absolute Gasteiger partial charge is 0.108 e. The van der Waals surface area contributed by atoms with Gasteiger partial charge in [-0.1, -0.05) is 110 Å². The first kappa shape index (κ1) is 17.6. The number of hydrogen-bond acceptors (Lipinski definition) is 0. The van der Waals surface area contributed by atoms with Crippen LogP contribution in [0, 0.1) is 0 Å². The van der Waals surface area contributed by atoms with Gasteiger partial charge in [0, 0.05) is 0 Å².